The molecule has 132 valence electrons. The van der Waals surface area contributed by atoms with E-state index in [0.717, 1.165) is 4.47 Å². The molecule has 0 spiro atoms. The van der Waals surface area contributed by atoms with Crippen LogP contribution in [-0.2, 0) is 19.1 Å². The Morgan fingerprint density at radius 3 is 2.38 bits per heavy atom. The molecular weight excluding hydrogens is 380 g/mol. The van der Waals surface area contributed by atoms with Crippen LogP contribution in [0.5, 0.6) is 5.75 Å². The Morgan fingerprint density at radius 2 is 1.79 bits per heavy atom. The average Bonchev–Trinajstić information content (AvgIpc) is 2.57. The SMILES string of the molecule is CCNC(=O)CN(CC)C(=O)COC(=O)COc1ccc(Br)cc1. The van der Waals surface area contributed by atoms with Gasteiger partial charge in [0.05, 0.1) is 6.54 Å². The van der Waals surface area contributed by atoms with E-state index in [1.807, 2.05) is 0 Å². The summed E-state index contributed by atoms with van der Waals surface area (Å²) in [6.45, 7) is 3.61. The summed E-state index contributed by atoms with van der Waals surface area (Å²) < 4.78 is 11.0. The summed E-state index contributed by atoms with van der Waals surface area (Å²) in [6, 6.07) is 6.97. The third-order valence-corrected chi connectivity index (χ3v) is 3.50. The predicted molar refractivity (Wildman–Crippen MR) is 91.5 cm³/mol. The summed E-state index contributed by atoms with van der Waals surface area (Å²) in [7, 11) is 0. The summed E-state index contributed by atoms with van der Waals surface area (Å²) in [5.74, 6) is -0.813. The Labute approximate surface area is 149 Å². The Balaban J connectivity index is 2.34. The topological polar surface area (TPSA) is 84.9 Å². The van der Waals surface area contributed by atoms with Gasteiger partial charge in [0.25, 0.3) is 5.91 Å². The predicted octanol–water partition coefficient (Wildman–Crippen LogP) is 1.36. The normalized spacial score (nSPS) is 9.96. The number of carbonyl (C=O) groups is 3. The van der Waals surface area contributed by atoms with E-state index < -0.39 is 18.5 Å². The Morgan fingerprint density at radius 1 is 1.12 bits per heavy atom. The van der Waals surface area contributed by atoms with Gasteiger partial charge in [-0.25, -0.2) is 4.79 Å². The molecule has 0 aliphatic carbocycles. The van der Waals surface area contributed by atoms with Crippen molar-refractivity contribution in [1.29, 1.82) is 0 Å². The minimum Gasteiger partial charge on any atom is -0.482 e. The van der Waals surface area contributed by atoms with Crippen molar-refractivity contribution in [2.24, 2.45) is 0 Å². The number of halogens is 1. The molecule has 1 N–H and O–H groups in total. The van der Waals surface area contributed by atoms with Crippen molar-refractivity contribution >= 4 is 33.7 Å². The van der Waals surface area contributed by atoms with Crippen molar-refractivity contribution in [3.05, 3.63) is 28.7 Å². The number of nitrogens with one attached hydrogen (secondary N) is 1. The maximum Gasteiger partial charge on any atom is 0.344 e. The number of carbonyl (C=O) groups excluding carboxylic acids is 3. The fourth-order valence-electron chi connectivity index (χ4n) is 1.75. The number of ether oxygens (including phenoxy) is 2. The molecule has 0 fully saturated rings. The third-order valence-electron chi connectivity index (χ3n) is 2.97. The van der Waals surface area contributed by atoms with E-state index in [9.17, 15) is 14.4 Å². The lowest BCUT2D eigenvalue weighted by Gasteiger charge is -2.20. The number of amides is 2. The summed E-state index contributed by atoms with van der Waals surface area (Å²) in [6.07, 6.45) is 0. The molecule has 0 aromatic heterocycles. The van der Waals surface area contributed by atoms with Crippen molar-refractivity contribution in [2.75, 3.05) is 32.8 Å². The first-order valence-corrected chi connectivity index (χ1v) is 8.34. The van der Waals surface area contributed by atoms with Gasteiger partial charge in [-0.1, -0.05) is 15.9 Å². The molecule has 1 aromatic carbocycles. The second kappa shape index (κ2) is 10.6. The molecule has 2 amide bonds. The van der Waals surface area contributed by atoms with E-state index in [-0.39, 0.29) is 19.1 Å². The van der Waals surface area contributed by atoms with Gasteiger partial charge >= 0.3 is 5.97 Å². The lowest BCUT2D eigenvalue weighted by molar-refractivity contribution is -0.154. The maximum atomic E-state index is 12.0. The summed E-state index contributed by atoms with van der Waals surface area (Å²) >= 11 is 3.30. The smallest absolute Gasteiger partial charge is 0.344 e. The number of nitrogens with zero attached hydrogens (tertiary/aromatic N) is 1. The number of rotatable bonds is 9. The summed E-state index contributed by atoms with van der Waals surface area (Å²) in [5.41, 5.74) is 0. The minimum absolute atomic E-state index is 0.0594. The molecule has 1 aromatic rings. The highest BCUT2D eigenvalue weighted by Gasteiger charge is 2.17. The molecule has 0 aliphatic rings. The fourth-order valence-corrected chi connectivity index (χ4v) is 2.02. The molecule has 8 heteroatoms. The second-order valence-electron chi connectivity index (χ2n) is 4.76. The van der Waals surface area contributed by atoms with Crippen LogP contribution >= 0.6 is 15.9 Å². The van der Waals surface area contributed by atoms with Crippen LogP contribution in [0, 0.1) is 0 Å². The van der Waals surface area contributed by atoms with Crippen LogP contribution in [0.15, 0.2) is 28.7 Å². The molecule has 0 heterocycles. The Hall–Kier alpha value is -2.09. The van der Waals surface area contributed by atoms with E-state index in [4.69, 9.17) is 9.47 Å². The number of hydrogen-bond donors (Lipinski definition) is 1. The van der Waals surface area contributed by atoms with Gasteiger partial charge in [-0.3, -0.25) is 9.59 Å². The van der Waals surface area contributed by atoms with Crippen LogP contribution in [-0.4, -0.2) is 55.5 Å². The number of esters is 1. The van der Waals surface area contributed by atoms with Gasteiger partial charge in [0, 0.05) is 17.6 Å². The highest BCUT2D eigenvalue weighted by molar-refractivity contribution is 9.10. The summed E-state index contributed by atoms with van der Waals surface area (Å²) in [4.78, 5) is 36.4. The van der Waals surface area contributed by atoms with Gasteiger partial charge in [0.1, 0.15) is 5.75 Å². The third kappa shape index (κ3) is 7.45. The first-order chi connectivity index (χ1) is 11.5. The van der Waals surface area contributed by atoms with Gasteiger partial charge in [0.15, 0.2) is 13.2 Å². The van der Waals surface area contributed by atoms with Gasteiger partial charge in [0.2, 0.25) is 5.91 Å². The lowest BCUT2D eigenvalue weighted by Crippen LogP contribution is -2.42. The van der Waals surface area contributed by atoms with Gasteiger partial charge in [-0.05, 0) is 38.1 Å². The quantitative estimate of drug-likeness (QED) is 0.632. The molecule has 1 rings (SSSR count). The maximum absolute atomic E-state index is 12.0. The van der Waals surface area contributed by atoms with Crippen molar-refractivity contribution in [3.63, 3.8) is 0 Å². The molecule has 0 radical (unpaired) electrons. The van der Waals surface area contributed by atoms with Gasteiger partial charge in [-0.15, -0.1) is 0 Å². The molecule has 7 nitrogen and oxygen atoms in total. The van der Waals surface area contributed by atoms with Crippen LogP contribution in [0.1, 0.15) is 13.8 Å². The first kappa shape index (κ1) is 20.0. The van der Waals surface area contributed by atoms with Gasteiger partial charge < -0.3 is 19.7 Å². The van der Waals surface area contributed by atoms with Crippen molar-refractivity contribution < 1.29 is 23.9 Å². The molecule has 0 aliphatic heterocycles. The van der Waals surface area contributed by atoms with Crippen molar-refractivity contribution in [1.82, 2.24) is 10.2 Å². The number of benzene rings is 1. The molecule has 0 unspecified atom stereocenters. The summed E-state index contributed by atoms with van der Waals surface area (Å²) in [5, 5.41) is 2.61. The Kier molecular flexibility index (Phi) is 8.85. The van der Waals surface area contributed by atoms with Crippen molar-refractivity contribution in [2.45, 2.75) is 13.8 Å². The highest BCUT2D eigenvalue weighted by atomic mass is 79.9. The molecular formula is C16H21BrN2O5. The largest absolute Gasteiger partial charge is 0.482 e. The lowest BCUT2D eigenvalue weighted by atomic mass is 10.3. The zero-order valence-electron chi connectivity index (χ0n) is 13.7. The van der Waals surface area contributed by atoms with Crippen LogP contribution in [0.25, 0.3) is 0 Å². The van der Waals surface area contributed by atoms with E-state index >= 15 is 0 Å². The average molecular weight is 401 g/mol. The first-order valence-electron chi connectivity index (χ1n) is 7.54. The monoisotopic (exact) mass is 400 g/mol. The second-order valence-corrected chi connectivity index (χ2v) is 5.68. The highest BCUT2D eigenvalue weighted by Crippen LogP contribution is 2.15. The van der Waals surface area contributed by atoms with E-state index in [2.05, 4.69) is 21.2 Å². The molecule has 0 atom stereocenters. The zero-order chi connectivity index (χ0) is 17.9. The van der Waals surface area contributed by atoms with E-state index in [0.29, 0.717) is 18.8 Å². The molecule has 0 saturated heterocycles. The van der Waals surface area contributed by atoms with Crippen LogP contribution in [0.2, 0.25) is 0 Å². The number of likely N-dealkylation sites (N-methyl/N-ethyl adjacent to an activating group) is 2. The van der Waals surface area contributed by atoms with Crippen LogP contribution < -0.4 is 10.1 Å². The fraction of sp³-hybridized carbons (Fsp3) is 0.438. The molecule has 24 heavy (non-hydrogen) atoms. The molecule has 0 saturated carbocycles. The van der Waals surface area contributed by atoms with Crippen molar-refractivity contribution in [3.8, 4) is 5.75 Å². The Bertz CT molecular complexity index is 562. The van der Waals surface area contributed by atoms with Crippen LogP contribution in [0.4, 0.5) is 0 Å². The van der Waals surface area contributed by atoms with E-state index in [1.165, 1.54) is 4.90 Å². The molecule has 0 bridgehead atoms. The zero-order valence-corrected chi connectivity index (χ0v) is 15.3. The minimum atomic E-state index is -0.652. The standard InChI is InChI=1S/C16H21BrN2O5/c1-3-18-14(20)9-19(4-2)15(21)10-24-16(22)11-23-13-7-5-12(17)6-8-13/h5-8H,3-4,9-11H2,1-2H3,(H,18,20). The number of hydrogen-bond acceptors (Lipinski definition) is 5. The van der Waals surface area contributed by atoms with Crippen LogP contribution in [0.3, 0.4) is 0 Å². The van der Waals surface area contributed by atoms with Gasteiger partial charge in [-0.2, -0.15) is 0 Å². The van der Waals surface area contributed by atoms with E-state index in [1.54, 1.807) is 38.1 Å².